The number of hydrogen-bond acceptors (Lipinski definition) is 16. The Balaban J connectivity index is 0.000000211. The summed E-state index contributed by atoms with van der Waals surface area (Å²) in [4.78, 5) is 73.6. The Kier molecular flexibility index (Phi) is 21.7. The first-order chi connectivity index (χ1) is 39.2. The Morgan fingerprint density at radius 1 is 0.747 bits per heavy atom. The highest BCUT2D eigenvalue weighted by Crippen LogP contribution is 2.37. The average Bonchev–Trinajstić information content (AvgIpc) is 4.50. The van der Waals surface area contributed by atoms with Crippen molar-refractivity contribution in [3.63, 3.8) is 0 Å². The Morgan fingerprint density at radius 2 is 1.23 bits per heavy atom. The zero-order chi connectivity index (χ0) is 58.7. The first-order valence-corrected chi connectivity index (χ1v) is 31.8. The van der Waals surface area contributed by atoms with Crippen molar-refractivity contribution in [2.75, 3.05) is 44.0 Å². The summed E-state index contributed by atoms with van der Waals surface area (Å²) in [6.45, 7) is 19.4. The minimum atomic E-state index is -1.93. The zero-order valence-corrected chi connectivity index (χ0v) is 50.4. The number of fused-ring (bicyclic) bond motifs is 2. The predicted molar refractivity (Wildman–Crippen MR) is 320 cm³/mol. The summed E-state index contributed by atoms with van der Waals surface area (Å²) in [5.74, 6) is 1.80. The number of anilines is 2. The van der Waals surface area contributed by atoms with Crippen LogP contribution in [-0.4, -0.2) is 151 Å². The van der Waals surface area contributed by atoms with E-state index in [0.717, 1.165) is 41.0 Å². The number of halogens is 1. The van der Waals surface area contributed by atoms with Gasteiger partial charge in [-0.2, -0.15) is 0 Å². The fraction of sp³-hybridized carbons (Fsp3) is 0.552. The topological polar surface area (TPSA) is 270 Å². The molecule has 2 aliphatic carbocycles. The first-order valence-electron chi connectivity index (χ1n) is 28.5. The second kappa shape index (κ2) is 28.4. The molecule has 0 aromatic carbocycles. The highest BCUT2D eigenvalue weighted by molar-refractivity contribution is 6.74. The number of aromatic nitrogens is 12. The molecule has 0 bridgehead atoms. The molecule has 10 rings (SSSR count). The Bertz CT molecular complexity index is 3170. The summed E-state index contributed by atoms with van der Waals surface area (Å²) < 4.78 is 9.54. The summed E-state index contributed by atoms with van der Waals surface area (Å²) >= 11 is 5.64. The molecule has 0 radical (unpaired) electrons. The monoisotopic (exact) mass is 1180 g/mol. The van der Waals surface area contributed by atoms with Gasteiger partial charge in [0.2, 0.25) is 11.6 Å². The van der Waals surface area contributed by atoms with Crippen LogP contribution in [0.5, 0.6) is 0 Å². The number of carbonyl (C=O) groups is 4. The molecule has 0 spiro atoms. The van der Waals surface area contributed by atoms with Crippen LogP contribution in [0.15, 0.2) is 60.9 Å². The maximum atomic E-state index is 13.1. The maximum Gasteiger partial charge on any atom is 0.320 e. The molecule has 25 heteroatoms. The number of tetrazole rings is 2. The summed E-state index contributed by atoms with van der Waals surface area (Å²) in [7, 11) is -0.0399. The standard InChI is InChI=1S/C25H33ClN8O3Si.C25H31N9O3.C7H14.CH4/c1-16(15-37-38(5,6)25(2,3)4)34-22(30-31-32-34)19-8-7-9-21(28-19)29-23(35)20-12-18-14-33(24(26)36)11-10-17(18)13-27-20;1-16(15-35)34-23(29-30-31-34)20-8-5-9-22(27-20)28-24(36)21-12-18-14-33(11-10-17(18)13-26-21)25(37)32(2)19-6-3-4-7-19;1-2-7-5-3-4-6-7;/h7-9,12-13,16H,10-11,14-15H2,1-6H3,(H,28,29,35);5,8-9,12-13,16,19,35H,3-4,6-7,10-11,14-15H2,1-2H3,(H,27,28,36);7H,2-6H2,1H3;1H4/t2*16-;;/m11../s1. The molecule has 23 nitrogen and oxygen atoms in total. The molecule has 8 heterocycles. The van der Waals surface area contributed by atoms with Gasteiger partial charge < -0.3 is 34.9 Å². The lowest BCUT2D eigenvalue weighted by Gasteiger charge is -2.36. The van der Waals surface area contributed by atoms with Gasteiger partial charge in [-0.3, -0.25) is 24.4 Å². The number of nitrogens with one attached hydrogen (secondary N) is 2. The van der Waals surface area contributed by atoms with Gasteiger partial charge in [0, 0.05) is 51.7 Å². The third-order valence-electron chi connectivity index (χ3n) is 16.4. The van der Waals surface area contributed by atoms with Crippen LogP contribution in [0.2, 0.25) is 18.1 Å². The van der Waals surface area contributed by atoms with Crippen molar-refractivity contribution in [2.45, 2.75) is 169 Å². The quantitative estimate of drug-likeness (QED) is 0.0520. The molecule has 446 valence electrons. The van der Waals surface area contributed by atoms with Gasteiger partial charge in [-0.15, -0.1) is 10.2 Å². The third-order valence-corrected chi connectivity index (χ3v) is 21.2. The van der Waals surface area contributed by atoms with Gasteiger partial charge in [-0.1, -0.05) is 92.2 Å². The molecule has 6 aromatic heterocycles. The van der Waals surface area contributed by atoms with E-state index in [1.165, 1.54) is 54.5 Å². The summed E-state index contributed by atoms with van der Waals surface area (Å²) in [5.41, 5.74) is 5.27. The van der Waals surface area contributed by atoms with E-state index >= 15 is 0 Å². The van der Waals surface area contributed by atoms with Gasteiger partial charge in [0.15, 0.2) is 8.32 Å². The van der Waals surface area contributed by atoms with Crippen LogP contribution in [-0.2, 0) is 30.4 Å². The molecule has 0 saturated heterocycles. The van der Waals surface area contributed by atoms with E-state index in [1.54, 1.807) is 72.5 Å². The molecule has 4 aliphatic rings. The number of hydrogen-bond donors (Lipinski definition) is 3. The fourth-order valence-electron chi connectivity index (χ4n) is 10.2. The Morgan fingerprint density at radius 3 is 1.70 bits per heavy atom. The van der Waals surface area contributed by atoms with E-state index in [-0.39, 0.29) is 48.6 Å². The maximum absolute atomic E-state index is 13.1. The summed E-state index contributed by atoms with van der Waals surface area (Å²) in [6, 6.07) is 13.7. The molecule has 3 N–H and O–H groups in total. The van der Waals surface area contributed by atoms with Gasteiger partial charge >= 0.3 is 11.4 Å². The van der Waals surface area contributed by atoms with Crippen molar-refractivity contribution in [2.24, 2.45) is 5.92 Å². The van der Waals surface area contributed by atoms with Crippen molar-refractivity contribution in [1.29, 1.82) is 0 Å². The van der Waals surface area contributed by atoms with Crippen LogP contribution in [0.3, 0.4) is 0 Å². The lowest BCUT2D eigenvalue weighted by Crippen LogP contribution is -2.47. The van der Waals surface area contributed by atoms with Crippen molar-refractivity contribution in [3.8, 4) is 23.0 Å². The van der Waals surface area contributed by atoms with Crippen molar-refractivity contribution < 1.29 is 28.7 Å². The number of pyridine rings is 4. The van der Waals surface area contributed by atoms with E-state index in [0.29, 0.717) is 86.3 Å². The van der Waals surface area contributed by atoms with Gasteiger partial charge in [-0.05, 0) is 155 Å². The normalized spacial score (nSPS) is 16.0. The number of carbonyl (C=O) groups excluding carboxylic acids is 4. The second-order valence-electron chi connectivity index (χ2n) is 23.2. The number of amides is 5. The predicted octanol–water partition coefficient (Wildman–Crippen LogP) is 10.2. The number of aliphatic hydroxyl groups is 1. The highest BCUT2D eigenvalue weighted by Gasteiger charge is 2.38. The van der Waals surface area contributed by atoms with Crippen LogP contribution in [0.25, 0.3) is 23.0 Å². The lowest BCUT2D eigenvalue weighted by atomic mass is 10.0. The van der Waals surface area contributed by atoms with E-state index in [2.05, 4.69) is 102 Å². The average molecular weight is 1180 g/mol. The molecule has 2 fully saturated rings. The Hall–Kier alpha value is -7.15. The number of aliphatic hydroxyl groups excluding tert-OH is 1. The summed E-state index contributed by atoms with van der Waals surface area (Å²) in [5, 5.41) is 38.4. The summed E-state index contributed by atoms with van der Waals surface area (Å²) in [6.07, 6.45) is 16.6. The smallest absolute Gasteiger partial charge is 0.320 e. The SMILES string of the molecule is C.CCC1CCCC1.C[C@H](CO)n1nnnc1-c1cccc(NC(=O)c2cc3c(cn2)CCN(C(=O)N(C)C2CCCC2)C3)n1.C[C@H](CO[Si](C)(C)C(C)(C)C)n1nnnc1-c1cccc(NC(=O)c2cc3c(cn2)CCN(C(=O)Cl)C3)n1. The molecule has 2 atom stereocenters. The van der Waals surface area contributed by atoms with Crippen LogP contribution in [0.4, 0.5) is 21.2 Å². The molecule has 6 aromatic rings. The van der Waals surface area contributed by atoms with E-state index in [9.17, 15) is 24.3 Å². The van der Waals surface area contributed by atoms with Gasteiger partial charge in [0.25, 0.3) is 11.8 Å². The van der Waals surface area contributed by atoms with Gasteiger partial charge in [-0.25, -0.2) is 24.1 Å². The first kappa shape index (κ1) is 63.4. The van der Waals surface area contributed by atoms with Gasteiger partial charge in [0.1, 0.15) is 34.4 Å². The lowest BCUT2D eigenvalue weighted by molar-refractivity contribution is 0.101. The van der Waals surface area contributed by atoms with E-state index in [4.69, 9.17) is 16.0 Å². The van der Waals surface area contributed by atoms with Crippen LogP contribution in [0, 0.1) is 5.92 Å². The van der Waals surface area contributed by atoms with Gasteiger partial charge in [0.05, 0.1) is 25.3 Å². The molecular formula is C58H82ClN17O6Si. The minimum Gasteiger partial charge on any atom is -0.415 e. The Labute approximate surface area is 492 Å². The molecule has 5 amide bonds. The second-order valence-corrected chi connectivity index (χ2v) is 28.4. The van der Waals surface area contributed by atoms with Crippen molar-refractivity contribution in [1.82, 2.24) is 75.1 Å². The van der Waals surface area contributed by atoms with E-state index < -0.39 is 25.5 Å². The number of urea groups is 1. The zero-order valence-electron chi connectivity index (χ0n) is 48.7. The fourth-order valence-corrected chi connectivity index (χ4v) is 11.4. The van der Waals surface area contributed by atoms with E-state index in [1.807, 2.05) is 23.8 Å². The van der Waals surface area contributed by atoms with Crippen molar-refractivity contribution in [3.05, 3.63) is 94.6 Å². The van der Waals surface area contributed by atoms with Crippen LogP contribution >= 0.6 is 11.6 Å². The largest absolute Gasteiger partial charge is 0.415 e. The minimum absolute atomic E-state index is 0. The molecule has 0 unspecified atom stereocenters. The highest BCUT2D eigenvalue weighted by atomic mass is 35.5. The molecule has 2 aliphatic heterocycles. The number of rotatable bonds is 14. The molecule has 83 heavy (non-hydrogen) atoms. The number of nitrogens with zero attached hydrogens (tertiary/aromatic N) is 15. The van der Waals surface area contributed by atoms with Crippen molar-refractivity contribution >= 4 is 54.8 Å². The third kappa shape index (κ3) is 15.9. The van der Waals surface area contributed by atoms with Crippen LogP contribution in [0.1, 0.15) is 162 Å². The molecular weight excluding hydrogens is 1090 g/mol. The van der Waals surface area contributed by atoms with Crippen LogP contribution < -0.4 is 10.6 Å². The molecule has 2 saturated carbocycles.